The first kappa shape index (κ1) is 26.8. The molecule has 11 nitrogen and oxygen atoms in total. The van der Waals surface area contributed by atoms with Crippen LogP contribution in [-0.4, -0.2) is 88.6 Å². The molecule has 1 aromatic carbocycles. The number of aromatic nitrogens is 1. The second kappa shape index (κ2) is 11.1. The number of H-pyrrole nitrogens is 1. The predicted molar refractivity (Wildman–Crippen MR) is 134 cm³/mol. The molecule has 4 heterocycles. The van der Waals surface area contributed by atoms with Crippen LogP contribution in [0.5, 0.6) is 0 Å². The van der Waals surface area contributed by atoms with E-state index in [9.17, 15) is 25.2 Å². The van der Waals surface area contributed by atoms with Crippen molar-refractivity contribution < 1.29 is 44.2 Å². The molecule has 5 rings (SSSR count). The summed E-state index contributed by atoms with van der Waals surface area (Å²) < 4.78 is 22.2. The highest BCUT2D eigenvalue weighted by molar-refractivity contribution is 5.89. The summed E-state index contributed by atoms with van der Waals surface area (Å²) in [5.74, 6) is -1.56. The number of aliphatic hydroxyl groups is 4. The third kappa shape index (κ3) is 4.75. The molecule has 9 atom stereocenters. The number of para-hydroxylation sites is 1. The Morgan fingerprint density at radius 2 is 1.97 bits per heavy atom. The molecule has 3 aliphatic heterocycles. The van der Waals surface area contributed by atoms with Gasteiger partial charge in [0.05, 0.1) is 25.6 Å². The van der Waals surface area contributed by atoms with Gasteiger partial charge in [0.15, 0.2) is 6.29 Å². The summed E-state index contributed by atoms with van der Waals surface area (Å²) in [6.07, 6.45) is -4.03. The van der Waals surface area contributed by atoms with Gasteiger partial charge in [-0.25, -0.2) is 4.79 Å². The van der Waals surface area contributed by atoms with Gasteiger partial charge in [-0.1, -0.05) is 24.3 Å². The fraction of sp³-hybridized carbons (Fsp3) is 0.519. The van der Waals surface area contributed by atoms with Crippen LogP contribution < -0.4 is 5.32 Å². The van der Waals surface area contributed by atoms with Gasteiger partial charge < -0.3 is 49.7 Å². The number of hydrogen-bond acceptors (Lipinski definition) is 10. The maximum Gasteiger partial charge on any atom is 0.337 e. The third-order valence-electron chi connectivity index (χ3n) is 7.77. The first-order valence-corrected chi connectivity index (χ1v) is 12.7. The Bertz CT molecular complexity index is 1190. The molecule has 1 fully saturated rings. The monoisotopic (exact) mass is 530 g/mol. The topological polar surface area (TPSA) is 163 Å². The van der Waals surface area contributed by atoms with Crippen molar-refractivity contribution in [3.63, 3.8) is 0 Å². The maximum absolute atomic E-state index is 12.7. The van der Waals surface area contributed by atoms with E-state index in [4.69, 9.17) is 18.9 Å². The van der Waals surface area contributed by atoms with Gasteiger partial charge >= 0.3 is 5.97 Å². The van der Waals surface area contributed by atoms with Crippen LogP contribution in [0.15, 0.2) is 48.8 Å². The highest BCUT2D eigenvalue weighted by Crippen LogP contribution is 2.42. The Morgan fingerprint density at radius 1 is 1.18 bits per heavy atom. The van der Waals surface area contributed by atoms with Crippen LogP contribution in [0.4, 0.5) is 0 Å². The average molecular weight is 531 g/mol. The van der Waals surface area contributed by atoms with E-state index in [1.54, 1.807) is 6.08 Å². The van der Waals surface area contributed by atoms with Crippen LogP contribution >= 0.6 is 0 Å². The van der Waals surface area contributed by atoms with E-state index in [-0.39, 0.29) is 6.04 Å². The first-order valence-electron chi connectivity index (χ1n) is 12.7. The second-order valence-corrected chi connectivity index (χ2v) is 9.88. The van der Waals surface area contributed by atoms with Gasteiger partial charge in [-0.3, -0.25) is 0 Å². The third-order valence-corrected chi connectivity index (χ3v) is 7.77. The van der Waals surface area contributed by atoms with Crippen molar-refractivity contribution in [3.05, 3.63) is 60.0 Å². The van der Waals surface area contributed by atoms with Crippen molar-refractivity contribution in [3.8, 4) is 0 Å². The van der Waals surface area contributed by atoms with E-state index < -0.39 is 61.4 Å². The average Bonchev–Trinajstić information content (AvgIpc) is 3.33. The number of aromatic amines is 1. The first-order chi connectivity index (χ1) is 18.4. The minimum Gasteiger partial charge on any atom is -0.471 e. The Balaban J connectivity index is 1.43. The van der Waals surface area contributed by atoms with Crippen LogP contribution in [0.2, 0.25) is 0 Å². The molecule has 0 bridgehead atoms. The van der Waals surface area contributed by atoms with Gasteiger partial charge in [-0.2, -0.15) is 0 Å². The van der Waals surface area contributed by atoms with Gasteiger partial charge in [0, 0.05) is 34.5 Å². The number of hydrogen-bond donors (Lipinski definition) is 6. The van der Waals surface area contributed by atoms with E-state index in [1.165, 1.54) is 24.3 Å². The van der Waals surface area contributed by atoms with E-state index in [0.29, 0.717) is 12.0 Å². The molecule has 3 aliphatic rings. The quantitative estimate of drug-likeness (QED) is 0.218. The summed E-state index contributed by atoms with van der Waals surface area (Å²) in [5, 5.41) is 45.0. The summed E-state index contributed by atoms with van der Waals surface area (Å²) in [7, 11) is 1.30. The molecule has 0 spiro atoms. The predicted octanol–water partition coefficient (Wildman–Crippen LogP) is 0.393. The maximum atomic E-state index is 12.7. The van der Waals surface area contributed by atoms with E-state index in [2.05, 4.69) is 22.9 Å². The van der Waals surface area contributed by atoms with Crippen molar-refractivity contribution in [1.82, 2.24) is 10.3 Å². The lowest BCUT2D eigenvalue weighted by Gasteiger charge is -2.43. The molecular formula is C27H34N2O9. The zero-order valence-electron chi connectivity index (χ0n) is 21.0. The minimum absolute atomic E-state index is 0.113. The van der Waals surface area contributed by atoms with E-state index in [0.717, 1.165) is 24.2 Å². The summed E-state index contributed by atoms with van der Waals surface area (Å²) in [4.78, 5) is 16.3. The molecule has 6 N–H and O–H groups in total. The molecule has 38 heavy (non-hydrogen) atoms. The van der Waals surface area contributed by atoms with Crippen molar-refractivity contribution in [1.29, 1.82) is 0 Å². The SMILES string of the molecule is C=C[C@H]1[C@H](O[C@@H]2O[C@H](CO)[C@H](O)[C@@H](O)[C@H]2O)OC=C(C(=O)OC)[C@H]1C[C@@H]1NCCc2c1[nH]c1ccccc21. The summed E-state index contributed by atoms with van der Waals surface area (Å²) in [6, 6.07) is 8.02. The van der Waals surface area contributed by atoms with Crippen molar-refractivity contribution >= 4 is 16.9 Å². The number of nitrogens with one attached hydrogen (secondary N) is 2. The number of aliphatic hydroxyl groups excluding tert-OH is 4. The molecule has 1 saturated heterocycles. The fourth-order valence-corrected chi connectivity index (χ4v) is 5.74. The zero-order chi connectivity index (χ0) is 27.0. The van der Waals surface area contributed by atoms with Gasteiger partial charge in [0.25, 0.3) is 0 Å². The van der Waals surface area contributed by atoms with Gasteiger partial charge in [0.2, 0.25) is 6.29 Å². The summed E-state index contributed by atoms with van der Waals surface area (Å²) in [6.45, 7) is 4.13. The van der Waals surface area contributed by atoms with Gasteiger partial charge in [0.1, 0.15) is 24.4 Å². The van der Waals surface area contributed by atoms with Crippen LogP contribution in [0.25, 0.3) is 10.9 Å². The van der Waals surface area contributed by atoms with Crippen LogP contribution in [-0.2, 0) is 30.2 Å². The lowest BCUT2D eigenvalue weighted by molar-refractivity contribution is -0.339. The molecule has 0 amide bonds. The molecule has 0 aliphatic carbocycles. The van der Waals surface area contributed by atoms with E-state index in [1.807, 2.05) is 18.2 Å². The number of fused-ring (bicyclic) bond motifs is 3. The Kier molecular flexibility index (Phi) is 7.87. The number of ether oxygens (including phenoxy) is 4. The fourth-order valence-electron chi connectivity index (χ4n) is 5.74. The van der Waals surface area contributed by atoms with Crippen LogP contribution in [0, 0.1) is 11.8 Å². The molecule has 0 radical (unpaired) electrons. The summed E-state index contributed by atoms with van der Waals surface area (Å²) >= 11 is 0. The Morgan fingerprint density at radius 3 is 2.71 bits per heavy atom. The largest absolute Gasteiger partial charge is 0.471 e. The number of benzene rings is 1. The van der Waals surface area contributed by atoms with Crippen LogP contribution in [0.1, 0.15) is 23.7 Å². The highest BCUT2D eigenvalue weighted by atomic mass is 16.8. The number of methoxy groups -OCH3 is 1. The Labute approximate surface area is 219 Å². The molecule has 0 unspecified atom stereocenters. The number of carbonyl (C=O) groups is 1. The molecule has 0 saturated carbocycles. The Hall–Kier alpha value is -2.77. The number of rotatable bonds is 7. The molecule has 206 valence electrons. The van der Waals surface area contributed by atoms with Crippen molar-refractivity contribution in [2.45, 2.75) is 55.9 Å². The lowest BCUT2D eigenvalue weighted by Crippen LogP contribution is -2.60. The van der Waals surface area contributed by atoms with Crippen LogP contribution in [0.3, 0.4) is 0 Å². The molecule has 2 aromatic rings. The number of carbonyl (C=O) groups excluding carboxylic acids is 1. The van der Waals surface area contributed by atoms with Gasteiger partial charge in [-0.15, -0.1) is 6.58 Å². The van der Waals surface area contributed by atoms with E-state index >= 15 is 0 Å². The normalized spacial score (nSPS) is 35.2. The lowest BCUT2D eigenvalue weighted by atomic mass is 9.78. The van der Waals surface area contributed by atoms with Gasteiger partial charge in [-0.05, 0) is 31.0 Å². The molecule has 11 heteroatoms. The molecule has 1 aromatic heterocycles. The second-order valence-electron chi connectivity index (χ2n) is 9.88. The summed E-state index contributed by atoms with van der Waals surface area (Å²) in [5.41, 5.74) is 3.66. The molecular weight excluding hydrogens is 496 g/mol. The zero-order valence-corrected chi connectivity index (χ0v) is 21.0. The van der Waals surface area contributed by atoms with Crippen molar-refractivity contribution in [2.24, 2.45) is 11.8 Å². The number of esters is 1. The highest BCUT2D eigenvalue weighted by Gasteiger charge is 2.48. The minimum atomic E-state index is -1.60. The van der Waals surface area contributed by atoms with Crippen molar-refractivity contribution in [2.75, 3.05) is 20.3 Å². The smallest absolute Gasteiger partial charge is 0.337 e. The standard InChI is InChI=1S/C27H34N2O9/c1-3-13-16(10-19-21-15(8-9-28-19)14-6-4-5-7-18(14)29-21)17(25(34)35-2)12-36-26(13)38-27-24(33)23(32)22(31)20(11-30)37-27/h3-7,12-13,16,19-20,22-24,26-33H,1,8-11H2,2H3/t13-,16+,19+,20-,22+,23-,24-,26+,27+/m1/s1.